The number of rotatable bonds is 7. The Morgan fingerprint density at radius 3 is 2.67 bits per heavy atom. The molecule has 1 unspecified atom stereocenters. The Bertz CT molecular complexity index is 457. The second kappa shape index (κ2) is 8.25. The van der Waals surface area contributed by atoms with Crippen LogP contribution in [-0.2, 0) is 4.79 Å². The van der Waals surface area contributed by atoms with Gasteiger partial charge in [0.05, 0.1) is 17.7 Å². The van der Waals surface area contributed by atoms with Gasteiger partial charge in [-0.2, -0.15) is 0 Å². The van der Waals surface area contributed by atoms with E-state index in [4.69, 9.17) is 16.3 Å². The van der Waals surface area contributed by atoms with Gasteiger partial charge in [-0.25, -0.2) is 0 Å². The maximum Gasteiger partial charge on any atom is 0.220 e. The van der Waals surface area contributed by atoms with E-state index in [2.05, 4.69) is 5.32 Å². The third kappa shape index (κ3) is 6.82. The molecule has 1 atom stereocenters. The molecule has 0 saturated carbocycles. The Hall–Kier alpha value is -1.26. The molecule has 0 aromatic heterocycles. The molecule has 1 aromatic rings. The van der Waals surface area contributed by atoms with Gasteiger partial charge in [0.1, 0.15) is 5.75 Å². The molecule has 0 aliphatic rings. The van der Waals surface area contributed by atoms with Crippen molar-refractivity contribution >= 4 is 17.5 Å². The topological polar surface area (TPSA) is 58.6 Å². The van der Waals surface area contributed by atoms with Gasteiger partial charge >= 0.3 is 0 Å². The van der Waals surface area contributed by atoms with Crippen LogP contribution < -0.4 is 10.1 Å². The minimum atomic E-state index is -0.555. The minimum Gasteiger partial charge on any atom is -0.492 e. The van der Waals surface area contributed by atoms with Gasteiger partial charge < -0.3 is 15.2 Å². The highest BCUT2D eigenvalue weighted by atomic mass is 35.5. The van der Waals surface area contributed by atoms with E-state index in [1.54, 1.807) is 12.1 Å². The van der Waals surface area contributed by atoms with Crippen LogP contribution in [0, 0.1) is 5.41 Å². The summed E-state index contributed by atoms with van der Waals surface area (Å²) in [5.74, 6) is 0.545. The molecule has 0 bridgehead atoms. The van der Waals surface area contributed by atoms with Crippen LogP contribution in [0.3, 0.4) is 0 Å². The van der Waals surface area contributed by atoms with E-state index < -0.39 is 6.10 Å². The average Bonchev–Trinajstić information content (AvgIpc) is 2.41. The van der Waals surface area contributed by atoms with Gasteiger partial charge in [-0.1, -0.05) is 44.5 Å². The quantitative estimate of drug-likeness (QED) is 0.761. The molecule has 5 heteroatoms. The van der Waals surface area contributed by atoms with E-state index in [0.29, 0.717) is 30.2 Å². The van der Waals surface area contributed by atoms with Gasteiger partial charge in [0.15, 0.2) is 0 Å². The number of benzene rings is 1. The first-order valence-electron chi connectivity index (χ1n) is 7.13. The molecule has 0 heterocycles. The number of hydrogen-bond acceptors (Lipinski definition) is 3. The van der Waals surface area contributed by atoms with Crippen LogP contribution in [0.1, 0.15) is 33.6 Å². The molecule has 0 saturated heterocycles. The first-order valence-corrected chi connectivity index (χ1v) is 7.50. The Labute approximate surface area is 131 Å². The third-order valence-electron chi connectivity index (χ3n) is 3.13. The second-order valence-electron chi connectivity index (χ2n) is 6.07. The standard InChI is InChI=1S/C16H24ClNO3/c1-16(2,3)14(19)11-18-15(20)9-6-10-21-13-8-5-4-7-12(13)17/h4-5,7-8,14,19H,6,9-11H2,1-3H3,(H,18,20). The zero-order chi connectivity index (χ0) is 15.9. The summed E-state index contributed by atoms with van der Waals surface area (Å²) in [6.07, 6.45) is 0.407. The Morgan fingerprint density at radius 1 is 1.38 bits per heavy atom. The Kier molecular flexibility index (Phi) is 6.99. The van der Waals surface area contributed by atoms with Gasteiger partial charge in [0.25, 0.3) is 0 Å². The predicted octanol–water partition coefficient (Wildman–Crippen LogP) is 3.02. The number of nitrogens with one attached hydrogen (secondary N) is 1. The lowest BCUT2D eigenvalue weighted by molar-refractivity contribution is -0.122. The molecule has 0 aliphatic carbocycles. The molecule has 1 amide bonds. The fraction of sp³-hybridized carbons (Fsp3) is 0.562. The van der Waals surface area contributed by atoms with E-state index in [0.717, 1.165) is 0 Å². The Morgan fingerprint density at radius 2 is 2.05 bits per heavy atom. The van der Waals surface area contributed by atoms with Crippen molar-refractivity contribution in [1.29, 1.82) is 0 Å². The molecule has 2 N–H and O–H groups in total. The summed E-state index contributed by atoms with van der Waals surface area (Å²) in [7, 11) is 0. The number of amides is 1. The maximum atomic E-state index is 11.6. The van der Waals surface area contributed by atoms with Gasteiger partial charge in [0, 0.05) is 13.0 Å². The highest BCUT2D eigenvalue weighted by Gasteiger charge is 2.22. The molecule has 21 heavy (non-hydrogen) atoms. The fourth-order valence-corrected chi connectivity index (χ4v) is 1.77. The van der Waals surface area contributed by atoms with E-state index in [9.17, 15) is 9.90 Å². The van der Waals surface area contributed by atoms with Gasteiger partial charge in [-0.15, -0.1) is 0 Å². The molecule has 0 radical (unpaired) electrons. The molecule has 1 rings (SSSR count). The minimum absolute atomic E-state index is 0.0824. The van der Waals surface area contributed by atoms with Crippen molar-refractivity contribution in [2.75, 3.05) is 13.2 Å². The lowest BCUT2D eigenvalue weighted by Crippen LogP contribution is -2.39. The van der Waals surface area contributed by atoms with Crippen LogP contribution in [0.2, 0.25) is 5.02 Å². The van der Waals surface area contributed by atoms with Crippen LogP contribution >= 0.6 is 11.6 Å². The normalized spacial score (nSPS) is 12.8. The average molecular weight is 314 g/mol. The fourth-order valence-electron chi connectivity index (χ4n) is 1.58. The number of hydrogen-bond donors (Lipinski definition) is 2. The maximum absolute atomic E-state index is 11.6. The van der Waals surface area contributed by atoms with Crippen molar-refractivity contribution in [2.45, 2.75) is 39.7 Å². The van der Waals surface area contributed by atoms with Crippen molar-refractivity contribution in [2.24, 2.45) is 5.41 Å². The van der Waals surface area contributed by atoms with Crippen molar-refractivity contribution < 1.29 is 14.6 Å². The van der Waals surface area contributed by atoms with Crippen molar-refractivity contribution in [1.82, 2.24) is 5.32 Å². The van der Waals surface area contributed by atoms with Crippen molar-refractivity contribution in [3.05, 3.63) is 29.3 Å². The first-order chi connectivity index (χ1) is 9.80. The number of aliphatic hydroxyl groups excluding tert-OH is 1. The van der Waals surface area contributed by atoms with E-state index >= 15 is 0 Å². The molecule has 0 fully saturated rings. The summed E-state index contributed by atoms with van der Waals surface area (Å²) in [4.78, 5) is 11.6. The number of carbonyl (C=O) groups excluding carboxylic acids is 1. The van der Waals surface area contributed by atoms with Crippen molar-refractivity contribution in [3.8, 4) is 5.75 Å². The van der Waals surface area contributed by atoms with Gasteiger partial charge in [-0.3, -0.25) is 4.79 Å². The highest BCUT2D eigenvalue weighted by Crippen LogP contribution is 2.23. The molecule has 0 spiro atoms. The summed E-state index contributed by atoms with van der Waals surface area (Å²) in [5, 5.41) is 13.1. The number of ether oxygens (including phenoxy) is 1. The predicted molar refractivity (Wildman–Crippen MR) is 84.7 cm³/mol. The molecular formula is C16H24ClNO3. The number of carbonyl (C=O) groups is 1. The summed E-state index contributed by atoms with van der Waals surface area (Å²) in [6, 6.07) is 7.24. The monoisotopic (exact) mass is 313 g/mol. The summed E-state index contributed by atoms with van der Waals surface area (Å²) in [5.41, 5.74) is -0.236. The van der Waals surface area contributed by atoms with E-state index in [1.165, 1.54) is 0 Å². The zero-order valence-corrected chi connectivity index (χ0v) is 13.6. The van der Waals surface area contributed by atoms with Crippen LogP contribution in [-0.4, -0.2) is 30.3 Å². The largest absolute Gasteiger partial charge is 0.492 e. The van der Waals surface area contributed by atoms with Crippen LogP contribution in [0.4, 0.5) is 0 Å². The number of aliphatic hydroxyl groups is 1. The van der Waals surface area contributed by atoms with E-state index in [-0.39, 0.29) is 17.9 Å². The van der Waals surface area contributed by atoms with E-state index in [1.807, 2.05) is 32.9 Å². The Balaban J connectivity index is 2.18. The van der Waals surface area contributed by atoms with Crippen LogP contribution in [0.15, 0.2) is 24.3 Å². The molecule has 4 nitrogen and oxygen atoms in total. The molecule has 118 valence electrons. The smallest absolute Gasteiger partial charge is 0.220 e. The second-order valence-corrected chi connectivity index (χ2v) is 6.48. The highest BCUT2D eigenvalue weighted by molar-refractivity contribution is 6.32. The third-order valence-corrected chi connectivity index (χ3v) is 3.45. The van der Waals surface area contributed by atoms with Crippen LogP contribution in [0.25, 0.3) is 0 Å². The molecule has 0 aliphatic heterocycles. The summed E-state index contributed by atoms with van der Waals surface area (Å²) >= 11 is 5.96. The zero-order valence-electron chi connectivity index (χ0n) is 12.9. The first kappa shape index (κ1) is 17.8. The number of halogens is 1. The SMILES string of the molecule is CC(C)(C)C(O)CNC(=O)CCCOc1ccccc1Cl. The van der Waals surface area contributed by atoms with Crippen LogP contribution in [0.5, 0.6) is 5.75 Å². The van der Waals surface area contributed by atoms with Gasteiger partial charge in [-0.05, 0) is 24.0 Å². The molecule has 1 aromatic carbocycles. The summed E-state index contributed by atoms with van der Waals surface area (Å²) in [6.45, 7) is 6.50. The number of para-hydroxylation sites is 1. The molecular weight excluding hydrogens is 290 g/mol. The lowest BCUT2D eigenvalue weighted by Gasteiger charge is -2.25. The van der Waals surface area contributed by atoms with Crippen molar-refractivity contribution in [3.63, 3.8) is 0 Å². The van der Waals surface area contributed by atoms with Gasteiger partial charge in [0.2, 0.25) is 5.91 Å². The summed E-state index contributed by atoms with van der Waals surface area (Å²) < 4.78 is 5.51. The lowest BCUT2D eigenvalue weighted by atomic mass is 9.89.